The van der Waals surface area contributed by atoms with Crippen LogP contribution in [0.2, 0.25) is 0 Å². The second kappa shape index (κ2) is 5.65. The molecule has 118 valence electrons. The molecule has 0 spiro atoms. The first-order chi connectivity index (χ1) is 9.24. The Morgan fingerprint density at radius 1 is 1.25 bits per heavy atom. The molecule has 0 aromatic rings. The average molecular weight is 310 g/mol. The van der Waals surface area contributed by atoms with Gasteiger partial charge < -0.3 is 28.4 Å². The summed E-state index contributed by atoms with van der Waals surface area (Å²) < 4.78 is 39.6. The molecule has 0 aromatic carbocycles. The fourth-order valence-electron chi connectivity index (χ4n) is 2.58. The molecule has 2 rings (SSSR count). The average Bonchev–Trinajstić information content (AvgIpc) is 2.75. The summed E-state index contributed by atoms with van der Waals surface area (Å²) in [5, 5.41) is 10.6. The third-order valence-electron chi connectivity index (χ3n) is 3.20. The minimum atomic E-state index is -3.44. The highest BCUT2D eigenvalue weighted by atomic mass is 31.2. The van der Waals surface area contributed by atoms with Crippen LogP contribution >= 0.6 is 7.60 Å². The zero-order chi connectivity index (χ0) is 15.0. The van der Waals surface area contributed by atoms with Gasteiger partial charge in [-0.2, -0.15) is 0 Å². The monoisotopic (exact) mass is 310 g/mol. The maximum Gasteiger partial charge on any atom is 0.336 e. The predicted octanol–water partition coefficient (Wildman–Crippen LogP) is 1.49. The van der Waals surface area contributed by atoms with Gasteiger partial charge in [-0.1, -0.05) is 0 Å². The third kappa shape index (κ3) is 3.25. The Kier molecular flexibility index (Phi) is 4.62. The molecule has 1 N–H and O–H groups in total. The van der Waals surface area contributed by atoms with Gasteiger partial charge in [-0.3, -0.25) is 4.57 Å². The zero-order valence-corrected chi connectivity index (χ0v) is 13.2. The Labute approximate surface area is 119 Å². The van der Waals surface area contributed by atoms with E-state index in [0.717, 1.165) is 0 Å². The fourth-order valence-corrected chi connectivity index (χ4v) is 4.45. The van der Waals surface area contributed by atoms with E-state index in [0.29, 0.717) is 0 Å². The van der Waals surface area contributed by atoms with E-state index in [-0.39, 0.29) is 32.1 Å². The van der Waals surface area contributed by atoms with Crippen LogP contribution in [0.1, 0.15) is 27.7 Å². The summed E-state index contributed by atoms with van der Waals surface area (Å²) in [6.07, 6.45) is -1.36. The van der Waals surface area contributed by atoms with E-state index in [2.05, 4.69) is 0 Å². The largest absolute Gasteiger partial charge is 0.363 e. The van der Waals surface area contributed by atoms with Crippen LogP contribution in [0.4, 0.5) is 0 Å². The van der Waals surface area contributed by atoms with Gasteiger partial charge in [-0.25, -0.2) is 0 Å². The van der Waals surface area contributed by atoms with Crippen molar-refractivity contribution in [2.75, 3.05) is 26.0 Å². The van der Waals surface area contributed by atoms with Gasteiger partial charge in [0, 0.05) is 0 Å². The Bertz CT molecular complexity index is 389. The molecule has 0 amide bonds. The molecule has 0 aliphatic carbocycles. The lowest BCUT2D eigenvalue weighted by Crippen LogP contribution is -2.46. The van der Waals surface area contributed by atoms with Crippen molar-refractivity contribution in [3.63, 3.8) is 0 Å². The topological polar surface area (TPSA) is 83.5 Å². The first-order valence-electron chi connectivity index (χ1n) is 6.84. The van der Waals surface area contributed by atoms with Crippen molar-refractivity contribution in [1.82, 2.24) is 0 Å². The SMILES string of the molecule is CCOP(=O)(C[C@]1(O)OC[C@H]2OC(C)(C)O[C@H]21)OCC. The number of fused-ring (bicyclic) bond motifs is 1. The molecular formula is C12H23O7P. The minimum Gasteiger partial charge on any atom is -0.363 e. The second-order valence-electron chi connectivity index (χ2n) is 5.35. The third-order valence-corrected chi connectivity index (χ3v) is 5.34. The highest BCUT2D eigenvalue weighted by Gasteiger charge is 2.60. The van der Waals surface area contributed by atoms with Crippen LogP contribution in [-0.4, -0.2) is 54.9 Å². The van der Waals surface area contributed by atoms with Crippen LogP contribution in [0.5, 0.6) is 0 Å². The van der Waals surface area contributed by atoms with E-state index >= 15 is 0 Å². The van der Waals surface area contributed by atoms with Crippen molar-refractivity contribution in [2.24, 2.45) is 0 Å². The Hall–Kier alpha value is -0.0100. The minimum absolute atomic E-state index is 0.183. The maximum atomic E-state index is 12.5. The Morgan fingerprint density at radius 3 is 2.40 bits per heavy atom. The summed E-state index contributed by atoms with van der Waals surface area (Å²) in [6, 6.07) is 0. The van der Waals surface area contributed by atoms with E-state index in [9.17, 15) is 9.67 Å². The van der Waals surface area contributed by atoms with Crippen molar-refractivity contribution >= 4 is 7.60 Å². The van der Waals surface area contributed by atoms with Gasteiger partial charge in [0.25, 0.3) is 0 Å². The summed E-state index contributed by atoms with van der Waals surface area (Å²) in [6.45, 7) is 7.59. The molecule has 2 saturated heterocycles. The molecule has 0 radical (unpaired) electrons. The van der Waals surface area contributed by atoms with E-state index in [4.69, 9.17) is 23.3 Å². The van der Waals surface area contributed by atoms with Crippen molar-refractivity contribution in [1.29, 1.82) is 0 Å². The van der Waals surface area contributed by atoms with Crippen LogP contribution in [0.15, 0.2) is 0 Å². The molecule has 0 saturated carbocycles. The van der Waals surface area contributed by atoms with Crippen LogP contribution in [0.3, 0.4) is 0 Å². The van der Waals surface area contributed by atoms with Crippen molar-refractivity contribution in [3.05, 3.63) is 0 Å². The molecule has 2 fully saturated rings. The van der Waals surface area contributed by atoms with E-state index < -0.39 is 25.3 Å². The fraction of sp³-hybridized carbons (Fsp3) is 1.00. The number of aliphatic hydroxyl groups is 1. The van der Waals surface area contributed by atoms with Gasteiger partial charge in [0.1, 0.15) is 18.4 Å². The lowest BCUT2D eigenvalue weighted by atomic mass is 10.1. The molecule has 2 heterocycles. The molecule has 2 aliphatic rings. The standard InChI is InChI=1S/C12H23O7P/c1-5-16-20(14,17-6-2)8-12(13)10-9(7-15-12)18-11(3,4)19-10/h9-10,13H,5-8H2,1-4H3/t9-,10-,12+/m1/s1. The number of rotatable bonds is 6. The molecule has 0 aromatic heterocycles. The molecule has 2 aliphatic heterocycles. The maximum absolute atomic E-state index is 12.5. The number of ether oxygens (including phenoxy) is 3. The smallest absolute Gasteiger partial charge is 0.336 e. The van der Waals surface area contributed by atoms with Gasteiger partial charge in [-0.15, -0.1) is 0 Å². The van der Waals surface area contributed by atoms with Gasteiger partial charge in [-0.05, 0) is 27.7 Å². The van der Waals surface area contributed by atoms with Gasteiger partial charge in [0.2, 0.25) is 5.79 Å². The highest BCUT2D eigenvalue weighted by molar-refractivity contribution is 7.53. The van der Waals surface area contributed by atoms with Gasteiger partial charge >= 0.3 is 7.60 Å². The predicted molar refractivity (Wildman–Crippen MR) is 70.5 cm³/mol. The lowest BCUT2D eigenvalue weighted by Gasteiger charge is -2.31. The molecular weight excluding hydrogens is 287 g/mol. The summed E-state index contributed by atoms with van der Waals surface area (Å²) in [7, 11) is -3.44. The van der Waals surface area contributed by atoms with Crippen molar-refractivity contribution in [3.8, 4) is 0 Å². The Morgan fingerprint density at radius 2 is 1.85 bits per heavy atom. The van der Waals surface area contributed by atoms with Crippen molar-refractivity contribution in [2.45, 2.75) is 51.5 Å². The van der Waals surface area contributed by atoms with Crippen molar-refractivity contribution < 1.29 is 32.9 Å². The number of hydrogen-bond acceptors (Lipinski definition) is 7. The Balaban J connectivity index is 2.13. The molecule has 0 unspecified atom stereocenters. The molecule has 7 nitrogen and oxygen atoms in total. The second-order valence-corrected chi connectivity index (χ2v) is 7.41. The van der Waals surface area contributed by atoms with E-state index in [1.54, 1.807) is 27.7 Å². The quantitative estimate of drug-likeness (QED) is 0.744. The summed E-state index contributed by atoms with van der Waals surface area (Å²) in [4.78, 5) is 0. The van der Waals surface area contributed by atoms with Gasteiger partial charge in [0.05, 0.1) is 19.8 Å². The summed E-state index contributed by atoms with van der Waals surface area (Å²) in [5.74, 6) is -2.52. The van der Waals surface area contributed by atoms with Crippen LogP contribution in [0.25, 0.3) is 0 Å². The van der Waals surface area contributed by atoms with Crippen LogP contribution in [0, 0.1) is 0 Å². The summed E-state index contributed by atoms with van der Waals surface area (Å²) >= 11 is 0. The van der Waals surface area contributed by atoms with Crippen LogP contribution < -0.4 is 0 Å². The summed E-state index contributed by atoms with van der Waals surface area (Å²) in [5.41, 5.74) is 0. The first kappa shape index (κ1) is 16.4. The molecule has 8 heteroatoms. The lowest BCUT2D eigenvalue weighted by molar-refractivity contribution is -0.250. The van der Waals surface area contributed by atoms with E-state index in [1.807, 2.05) is 0 Å². The molecule has 20 heavy (non-hydrogen) atoms. The van der Waals surface area contributed by atoms with Gasteiger partial charge in [0.15, 0.2) is 5.79 Å². The highest BCUT2D eigenvalue weighted by Crippen LogP contribution is 2.54. The van der Waals surface area contributed by atoms with Crippen LogP contribution in [-0.2, 0) is 27.8 Å². The number of hydrogen-bond donors (Lipinski definition) is 1. The van der Waals surface area contributed by atoms with E-state index in [1.165, 1.54) is 0 Å². The zero-order valence-electron chi connectivity index (χ0n) is 12.3. The molecule has 0 bridgehead atoms. The first-order valence-corrected chi connectivity index (χ1v) is 8.56. The normalized spacial score (nSPS) is 36.2. The molecule has 3 atom stereocenters.